The summed E-state index contributed by atoms with van der Waals surface area (Å²) in [6.45, 7) is 7.79. The van der Waals surface area contributed by atoms with Gasteiger partial charge in [-0.25, -0.2) is 0 Å². The second kappa shape index (κ2) is 7.71. The van der Waals surface area contributed by atoms with Gasteiger partial charge in [0, 0.05) is 17.1 Å². The molecule has 0 atom stereocenters. The van der Waals surface area contributed by atoms with E-state index in [9.17, 15) is 9.59 Å². The molecule has 0 aliphatic rings. The Labute approximate surface area is 156 Å². The van der Waals surface area contributed by atoms with E-state index in [1.165, 1.54) is 0 Å². The Hall–Kier alpha value is -2.32. The van der Waals surface area contributed by atoms with E-state index in [4.69, 9.17) is 6.42 Å². The molecule has 0 radical (unpaired) electrons. The summed E-state index contributed by atoms with van der Waals surface area (Å²) in [5, 5.41) is 2.92. The van der Waals surface area contributed by atoms with E-state index >= 15 is 0 Å². The van der Waals surface area contributed by atoms with E-state index < -0.39 is 5.91 Å². The number of hydrogen-bond donors (Lipinski definition) is 1. The molecule has 0 unspecified atom stereocenters. The van der Waals surface area contributed by atoms with E-state index in [1.54, 1.807) is 18.4 Å². The molecule has 0 aliphatic carbocycles. The molecular weight excluding hydrogens is 380 g/mol. The molecule has 2 aromatic rings. The number of rotatable bonds is 4. The van der Waals surface area contributed by atoms with Crippen LogP contribution in [0.25, 0.3) is 0 Å². The summed E-state index contributed by atoms with van der Waals surface area (Å²) in [6, 6.07) is 5.86. The number of aryl methyl sites for hydroxylation is 2. The molecule has 5 heteroatoms. The monoisotopic (exact) mass is 400 g/mol. The molecule has 0 fully saturated rings. The zero-order valence-corrected chi connectivity index (χ0v) is 16.5. The van der Waals surface area contributed by atoms with Gasteiger partial charge in [0.25, 0.3) is 5.91 Å². The van der Waals surface area contributed by atoms with Gasteiger partial charge in [-0.05, 0) is 54.2 Å². The molecular formula is C20H21BrN2O2. The Bertz CT molecular complexity index is 936. The Balaban J connectivity index is 2.59. The fourth-order valence-electron chi connectivity index (χ4n) is 2.92. The van der Waals surface area contributed by atoms with Gasteiger partial charge in [0.1, 0.15) is 5.56 Å². The Morgan fingerprint density at radius 2 is 1.96 bits per heavy atom. The number of aromatic nitrogens is 1. The summed E-state index contributed by atoms with van der Waals surface area (Å²) < 4.78 is 2.15. The van der Waals surface area contributed by atoms with Gasteiger partial charge in [0.15, 0.2) is 0 Å². The first-order valence-corrected chi connectivity index (χ1v) is 8.85. The van der Waals surface area contributed by atoms with Gasteiger partial charge in [-0.1, -0.05) is 31.0 Å². The molecule has 130 valence electrons. The van der Waals surface area contributed by atoms with E-state index in [-0.39, 0.29) is 11.0 Å². The summed E-state index contributed by atoms with van der Waals surface area (Å²) in [4.78, 5) is 25.6. The fraction of sp³-hybridized carbons (Fsp3) is 0.300. The molecule has 0 saturated heterocycles. The topological polar surface area (TPSA) is 51.1 Å². The standard InChI is InChI=1S/C20H21BrN2O2/c1-6-11-23-13(4)16(19(24)17(21)14(23)5)20(25)22-18-12(3)9-8-10-15(18)7-2/h1,8-10H,7,11H2,2-5H3,(H,22,25). The van der Waals surface area contributed by atoms with Crippen molar-refractivity contribution in [2.45, 2.75) is 40.7 Å². The van der Waals surface area contributed by atoms with Gasteiger partial charge >= 0.3 is 0 Å². The van der Waals surface area contributed by atoms with Crippen LogP contribution in [0.4, 0.5) is 5.69 Å². The molecule has 1 heterocycles. The number of anilines is 1. The summed E-state index contributed by atoms with van der Waals surface area (Å²) in [7, 11) is 0. The molecule has 1 aromatic carbocycles. The van der Waals surface area contributed by atoms with Crippen molar-refractivity contribution in [1.29, 1.82) is 0 Å². The van der Waals surface area contributed by atoms with Crippen molar-refractivity contribution in [3.05, 3.63) is 61.0 Å². The highest BCUT2D eigenvalue weighted by molar-refractivity contribution is 9.10. The predicted octanol–water partition coefficient (Wildman–Crippen LogP) is 3.98. The highest BCUT2D eigenvalue weighted by Gasteiger charge is 2.22. The summed E-state index contributed by atoms with van der Waals surface area (Å²) >= 11 is 3.30. The number of pyridine rings is 1. The van der Waals surface area contributed by atoms with Crippen molar-refractivity contribution in [2.75, 3.05) is 5.32 Å². The Kier molecular flexibility index (Phi) is 5.86. The van der Waals surface area contributed by atoms with Crippen LogP contribution in [0.15, 0.2) is 27.5 Å². The lowest BCUT2D eigenvalue weighted by Crippen LogP contribution is -2.28. The fourth-order valence-corrected chi connectivity index (χ4v) is 3.33. The van der Waals surface area contributed by atoms with Gasteiger partial charge in [-0.15, -0.1) is 6.42 Å². The molecule has 1 N–H and O–H groups in total. The third-order valence-corrected chi connectivity index (χ3v) is 5.30. The zero-order chi connectivity index (χ0) is 18.7. The van der Waals surface area contributed by atoms with Crippen LogP contribution in [0.1, 0.15) is 39.8 Å². The van der Waals surface area contributed by atoms with E-state index in [0.29, 0.717) is 22.4 Å². The lowest BCUT2D eigenvalue weighted by molar-refractivity contribution is 0.102. The minimum atomic E-state index is -0.419. The third-order valence-electron chi connectivity index (χ3n) is 4.37. The van der Waals surface area contributed by atoms with Gasteiger partial charge in [0.05, 0.1) is 11.0 Å². The molecule has 25 heavy (non-hydrogen) atoms. The smallest absolute Gasteiger partial charge is 0.261 e. The number of terminal acetylenes is 1. The molecule has 2 rings (SSSR count). The maximum absolute atomic E-state index is 12.9. The number of amides is 1. The number of halogens is 1. The quantitative estimate of drug-likeness (QED) is 0.788. The number of carbonyl (C=O) groups excluding carboxylic acids is 1. The van der Waals surface area contributed by atoms with E-state index in [1.807, 2.05) is 32.0 Å². The molecule has 1 aromatic heterocycles. The minimum Gasteiger partial charge on any atom is -0.336 e. The van der Waals surface area contributed by atoms with Crippen LogP contribution < -0.4 is 10.7 Å². The van der Waals surface area contributed by atoms with E-state index in [0.717, 1.165) is 23.2 Å². The SMILES string of the molecule is C#CCn1c(C)c(Br)c(=O)c(C(=O)Nc2c(C)cccc2CC)c1C. The highest BCUT2D eigenvalue weighted by atomic mass is 79.9. The maximum Gasteiger partial charge on any atom is 0.261 e. The van der Waals surface area contributed by atoms with Gasteiger partial charge < -0.3 is 9.88 Å². The second-order valence-corrected chi connectivity index (χ2v) is 6.69. The molecule has 0 bridgehead atoms. The average Bonchev–Trinajstić information content (AvgIpc) is 2.58. The summed E-state index contributed by atoms with van der Waals surface area (Å²) in [5.41, 5.74) is 3.80. The number of carbonyl (C=O) groups is 1. The predicted molar refractivity (Wildman–Crippen MR) is 105 cm³/mol. The third kappa shape index (κ3) is 3.54. The Morgan fingerprint density at radius 1 is 1.28 bits per heavy atom. The van der Waals surface area contributed by atoms with Crippen molar-refractivity contribution in [3.63, 3.8) is 0 Å². The first-order chi connectivity index (χ1) is 11.8. The number of hydrogen-bond acceptors (Lipinski definition) is 2. The lowest BCUT2D eigenvalue weighted by Gasteiger charge is -2.18. The summed E-state index contributed by atoms with van der Waals surface area (Å²) in [6.07, 6.45) is 6.22. The first-order valence-electron chi connectivity index (χ1n) is 8.06. The molecule has 0 saturated carbocycles. The van der Waals surface area contributed by atoms with Crippen LogP contribution in [-0.4, -0.2) is 10.5 Å². The minimum absolute atomic E-state index is 0.109. The van der Waals surface area contributed by atoms with E-state index in [2.05, 4.69) is 27.2 Å². The van der Waals surface area contributed by atoms with Gasteiger partial charge in [0.2, 0.25) is 5.43 Å². The van der Waals surface area contributed by atoms with Crippen molar-refractivity contribution in [3.8, 4) is 12.3 Å². The van der Waals surface area contributed by atoms with Crippen molar-refractivity contribution in [1.82, 2.24) is 4.57 Å². The number of para-hydroxylation sites is 1. The number of benzene rings is 1. The normalized spacial score (nSPS) is 10.4. The highest BCUT2D eigenvalue weighted by Crippen LogP contribution is 2.23. The zero-order valence-electron chi connectivity index (χ0n) is 14.9. The van der Waals surface area contributed by atoms with Crippen molar-refractivity contribution in [2.24, 2.45) is 0 Å². The van der Waals surface area contributed by atoms with Crippen molar-refractivity contribution >= 4 is 27.5 Å². The van der Waals surface area contributed by atoms with Crippen LogP contribution in [0.3, 0.4) is 0 Å². The molecule has 0 aliphatic heterocycles. The molecule has 0 spiro atoms. The Morgan fingerprint density at radius 3 is 2.56 bits per heavy atom. The number of nitrogens with zero attached hydrogens (tertiary/aromatic N) is 1. The molecule has 4 nitrogen and oxygen atoms in total. The van der Waals surface area contributed by atoms with Gasteiger partial charge in [-0.2, -0.15) is 0 Å². The second-order valence-electron chi connectivity index (χ2n) is 5.90. The van der Waals surface area contributed by atoms with Crippen LogP contribution in [0.2, 0.25) is 0 Å². The average molecular weight is 401 g/mol. The largest absolute Gasteiger partial charge is 0.336 e. The molecule has 1 amide bonds. The maximum atomic E-state index is 12.9. The van der Waals surface area contributed by atoms with Crippen LogP contribution in [0.5, 0.6) is 0 Å². The summed E-state index contributed by atoms with van der Waals surface area (Å²) in [5.74, 6) is 2.15. The van der Waals surface area contributed by atoms with Crippen LogP contribution in [0, 0.1) is 33.1 Å². The lowest BCUT2D eigenvalue weighted by atomic mass is 10.0. The first kappa shape index (κ1) is 19.0. The van der Waals surface area contributed by atoms with Gasteiger partial charge in [-0.3, -0.25) is 9.59 Å². The number of nitrogens with one attached hydrogen (secondary N) is 1. The van der Waals surface area contributed by atoms with Crippen molar-refractivity contribution < 1.29 is 4.79 Å². The van der Waals surface area contributed by atoms with Crippen LogP contribution >= 0.6 is 15.9 Å². The van der Waals surface area contributed by atoms with Crippen LogP contribution in [-0.2, 0) is 13.0 Å².